The Kier molecular flexibility index (Phi) is 2.76. The minimum atomic E-state index is 0.989. The number of piperidine rings is 1. The lowest BCUT2D eigenvalue weighted by atomic mass is 10.1. The first-order chi connectivity index (χ1) is 6.34. The summed E-state index contributed by atoms with van der Waals surface area (Å²) < 4.78 is 0. The van der Waals surface area contributed by atoms with E-state index in [1.807, 2.05) is 5.51 Å². The molecule has 0 atom stereocenters. The van der Waals surface area contributed by atoms with E-state index in [2.05, 4.69) is 21.8 Å². The third-order valence-electron chi connectivity index (χ3n) is 2.32. The van der Waals surface area contributed by atoms with Crippen molar-refractivity contribution in [3.8, 4) is 0 Å². The van der Waals surface area contributed by atoms with Crippen LogP contribution in [0.3, 0.4) is 0 Å². The van der Waals surface area contributed by atoms with Gasteiger partial charge in [-0.15, -0.1) is 11.3 Å². The Morgan fingerprint density at radius 3 is 3.23 bits per heavy atom. The second-order valence-corrected chi connectivity index (χ2v) is 4.26. The van der Waals surface area contributed by atoms with Gasteiger partial charge in [-0.3, -0.25) is 4.90 Å². The highest BCUT2D eigenvalue weighted by atomic mass is 32.1. The fourth-order valence-electron chi connectivity index (χ4n) is 1.71. The van der Waals surface area contributed by atoms with E-state index in [9.17, 15) is 0 Å². The van der Waals surface area contributed by atoms with Crippen LogP contribution in [0.4, 0.5) is 0 Å². The van der Waals surface area contributed by atoms with Crippen molar-refractivity contribution in [3.63, 3.8) is 0 Å². The summed E-state index contributed by atoms with van der Waals surface area (Å²) in [4.78, 5) is 6.70. The van der Waals surface area contributed by atoms with Gasteiger partial charge in [0.2, 0.25) is 0 Å². The van der Waals surface area contributed by atoms with E-state index in [4.69, 9.17) is 0 Å². The zero-order valence-electron chi connectivity index (χ0n) is 7.70. The summed E-state index contributed by atoms with van der Waals surface area (Å²) >= 11 is 1.67. The first kappa shape index (κ1) is 8.91. The van der Waals surface area contributed by atoms with E-state index in [1.54, 1.807) is 11.3 Å². The zero-order chi connectivity index (χ0) is 9.10. The second kappa shape index (κ2) is 4.03. The minimum Gasteiger partial charge on any atom is -0.294 e. The standard InChI is InChI=1S/C10H14N2S/c1-9-3-2-4-12(5-9)6-10-7-13-8-11-10/h7-8H,1-6H2. The first-order valence-electron chi connectivity index (χ1n) is 4.60. The van der Waals surface area contributed by atoms with Crippen LogP contribution in [0.1, 0.15) is 18.5 Å². The fourth-order valence-corrected chi connectivity index (χ4v) is 2.26. The summed E-state index contributed by atoms with van der Waals surface area (Å²) in [5.74, 6) is 0. The molecule has 0 spiro atoms. The van der Waals surface area contributed by atoms with Crippen molar-refractivity contribution in [1.29, 1.82) is 0 Å². The van der Waals surface area contributed by atoms with Crippen LogP contribution in [0.25, 0.3) is 0 Å². The summed E-state index contributed by atoms with van der Waals surface area (Å²) in [6.07, 6.45) is 2.45. The maximum atomic E-state index is 4.28. The average Bonchev–Trinajstić information content (AvgIpc) is 2.57. The van der Waals surface area contributed by atoms with Crippen LogP contribution in [0, 0.1) is 0 Å². The molecule has 0 aliphatic carbocycles. The lowest BCUT2D eigenvalue weighted by Crippen LogP contribution is -2.30. The molecule has 1 aromatic heterocycles. The smallest absolute Gasteiger partial charge is 0.0795 e. The number of likely N-dealkylation sites (tertiary alicyclic amines) is 1. The molecule has 70 valence electrons. The molecule has 1 aliphatic heterocycles. The Bertz CT molecular complexity index is 279. The van der Waals surface area contributed by atoms with Crippen molar-refractivity contribution in [1.82, 2.24) is 9.88 Å². The monoisotopic (exact) mass is 194 g/mol. The third-order valence-corrected chi connectivity index (χ3v) is 2.96. The lowest BCUT2D eigenvalue weighted by molar-refractivity contribution is 0.256. The van der Waals surface area contributed by atoms with Crippen molar-refractivity contribution in [2.45, 2.75) is 19.4 Å². The predicted octanol–water partition coefficient (Wildman–Crippen LogP) is 2.30. The molecular weight excluding hydrogens is 180 g/mol. The van der Waals surface area contributed by atoms with Crippen molar-refractivity contribution in [3.05, 3.63) is 28.7 Å². The molecular formula is C10H14N2S. The van der Waals surface area contributed by atoms with Gasteiger partial charge in [-0.05, 0) is 19.4 Å². The molecule has 1 fully saturated rings. The van der Waals surface area contributed by atoms with Crippen molar-refractivity contribution < 1.29 is 0 Å². The number of hydrogen-bond acceptors (Lipinski definition) is 3. The number of aromatic nitrogens is 1. The van der Waals surface area contributed by atoms with Gasteiger partial charge < -0.3 is 0 Å². The molecule has 2 rings (SSSR count). The minimum absolute atomic E-state index is 0.989. The summed E-state index contributed by atoms with van der Waals surface area (Å²) in [6.45, 7) is 7.27. The molecule has 2 nitrogen and oxygen atoms in total. The van der Waals surface area contributed by atoms with Crippen LogP contribution < -0.4 is 0 Å². The number of nitrogens with zero attached hydrogens (tertiary/aromatic N) is 2. The number of hydrogen-bond donors (Lipinski definition) is 0. The first-order valence-corrected chi connectivity index (χ1v) is 5.55. The quantitative estimate of drug-likeness (QED) is 0.672. The molecule has 2 heterocycles. The van der Waals surface area contributed by atoms with Crippen LogP contribution in [0.2, 0.25) is 0 Å². The van der Waals surface area contributed by atoms with Gasteiger partial charge in [0, 0.05) is 18.5 Å². The zero-order valence-corrected chi connectivity index (χ0v) is 8.52. The molecule has 1 aliphatic rings. The molecule has 0 aromatic carbocycles. The van der Waals surface area contributed by atoms with E-state index >= 15 is 0 Å². The van der Waals surface area contributed by atoms with Crippen molar-refractivity contribution in [2.24, 2.45) is 0 Å². The Labute approximate surface area is 82.9 Å². The van der Waals surface area contributed by atoms with Gasteiger partial charge in [0.05, 0.1) is 11.2 Å². The molecule has 0 bridgehead atoms. The van der Waals surface area contributed by atoms with Gasteiger partial charge in [0.1, 0.15) is 0 Å². The van der Waals surface area contributed by atoms with Crippen molar-refractivity contribution in [2.75, 3.05) is 13.1 Å². The van der Waals surface area contributed by atoms with Gasteiger partial charge in [0.15, 0.2) is 0 Å². The average molecular weight is 194 g/mol. The Hall–Kier alpha value is -0.670. The predicted molar refractivity (Wildman–Crippen MR) is 55.8 cm³/mol. The normalized spacial score (nSPS) is 19.2. The molecule has 1 aromatic rings. The highest BCUT2D eigenvalue weighted by molar-refractivity contribution is 7.07. The third kappa shape index (κ3) is 2.39. The number of rotatable bonds is 2. The fraction of sp³-hybridized carbons (Fsp3) is 0.500. The molecule has 3 heteroatoms. The van der Waals surface area contributed by atoms with Crippen LogP contribution in [-0.4, -0.2) is 23.0 Å². The Morgan fingerprint density at radius 1 is 1.62 bits per heavy atom. The highest BCUT2D eigenvalue weighted by Crippen LogP contribution is 2.15. The van der Waals surface area contributed by atoms with E-state index in [1.165, 1.54) is 30.7 Å². The molecule has 1 saturated heterocycles. The van der Waals surface area contributed by atoms with Crippen LogP contribution in [0.15, 0.2) is 23.0 Å². The molecule has 0 amide bonds. The summed E-state index contributed by atoms with van der Waals surface area (Å²) in [6, 6.07) is 0. The summed E-state index contributed by atoms with van der Waals surface area (Å²) in [5.41, 5.74) is 4.45. The van der Waals surface area contributed by atoms with E-state index in [-0.39, 0.29) is 0 Å². The van der Waals surface area contributed by atoms with E-state index < -0.39 is 0 Å². The molecule has 0 N–H and O–H groups in total. The van der Waals surface area contributed by atoms with Gasteiger partial charge in [0.25, 0.3) is 0 Å². The van der Waals surface area contributed by atoms with Crippen LogP contribution >= 0.6 is 11.3 Å². The summed E-state index contributed by atoms with van der Waals surface area (Å²) in [5, 5.41) is 2.12. The maximum absolute atomic E-state index is 4.28. The largest absolute Gasteiger partial charge is 0.294 e. The highest BCUT2D eigenvalue weighted by Gasteiger charge is 2.13. The van der Waals surface area contributed by atoms with E-state index in [0.717, 1.165) is 13.1 Å². The van der Waals surface area contributed by atoms with E-state index in [0.29, 0.717) is 0 Å². The summed E-state index contributed by atoms with van der Waals surface area (Å²) in [7, 11) is 0. The van der Waals surface area contributed by atoms with Crippen molar-refractivity contribution >= 4 is 11.3 Å². The molecule has 0 radical (unpaired) electrons. The molecule has 13 heavy (non-hydrogen) atoms. The Balaban J connectivity index is 1.91. The molecule has 0 unspecified atom stereocenters. The second-order valence-electron chi connectivity index (χ2n) is 3.54. The molecule has 0 saturated carbocycles. The lowest BCUT2D eigenvalue weighted by Gasteiger charge is -2.27. The van der Waals surface area contributed by atoms with Gasteiger partial charge in [-0.2, -0.15) is 0 Å². The SMILES string of the molecule is C=C1CCCN(Cc2cscn2)C1. The maximum Gasteiger partial charge on any atom is 0.0795 e. The van der Waals surface area contributed by atoms with Gasteiger partial charge >= 0.3 is 0 Å². The number of thiazole rings is 1. The van der Waals surface area contributed by atoms with Gasteiger partial charge in [-0.1, -0.05) is 12.2 Å². The van der Waals surface area contributed by atoms with Gasteiger partial charge in [-0.25, -0.2) is 4.98 Å². The van der Waals surface area contributed by atoms with Crippen LogP contribution in [0.5, 0.6) is 0 Å². The Morgan fingerprint density at radius 2 is 2.54 bits per heavy atom. The topological polar surface area (TPSA) is 16.1 Å². The van der Waals surface area contributed by atoms with Crippen LogP contribution in [-0.2, 0) is 6.54 Å².